The van der Waals surface area contributed by atoms with Gasteiger partial charge in [-0.3, -0.25) is 0 Å². The number of aromatic nitrogens is 1. The van der Waals surface area contributed by atoms with Crippen LogP contribution in [0.4, 0.5) is 5.69 Å². The number of hydrogen-bond acceptors (Lipinski definition) is 4. The minimum Gasteiger partial charge on any atom is -0.456 e. The third-order valence-corrected chi connectivity index (χ3v) is 1.72. The normalized spacial score (nSPS) is 8.93. The number of carbonyl (C=O) groups is 1. The van der Waals surface area contributed by atoms with Gasteiger partial charge in [-0.25, -0.2) is 9.78 Å². The van der Waals surface area contributed by atoms with Crippen LogP contribution in [-0.2, 0) is 9.53 Å². The van der Waals surface area contributed by atoms with E-state index in [1.54, 1.807) is 13.0 Å². The molecule has 0 aliphatic heterocycles. The lowest BCUT2D eigenvalue weighted by atomic mass is 10.2. The van der Waals surface area contributed by atoms with E-state index < -0.39 is 5.97 Å². The molecule has 4 nitrogen and oxygen atoms in total. The molecule has 1 aromatic rings. The molecule has 1 rings (SSSR count). The van der Waals surface area contributed by atoms with Crippen LogP contribution in [0, 0.1) is 18.8 Å². The van der Waals surface area contributed by atoms with Gasteiger partial charge in [-0.15, -0.1) is 0 Å². The minimum absolute atomic E-state index is 0.321. The van der Waals surface area contributed by atoms with Crippen LogP contribution in [0.2, 0.25) is 0 Å². The third-order valence-electron chi connectivity index (χ3n) is 1.72. The highest BCUT2D eigenvalue weighted by Gasteiger charge is 1.96. The van der Waals surface area contributed by atoms with Gasteiger partial charge in [0, 0.05) is 5.92 Å². The Morgan fingerprint density at radius 1 is 1.67 bits per heavy atom. The van der Waals surface area contributed by atoms with Crippen LogP contribution in [0.25, 0.3) is 0 Å². The standard InChI is InChI=1S/C11H12N2O2/c1-3-15-11(14)5-4-9-6-8(2)10(12)7-13-9/h6-7H,3,12H2,1-2H3. The fourth-order valence-electron chi connectivity index (χ4n) is 0.917. The first kappa shape index (κ1) is 11.1. The molecule has 0 saturated carbocycles. The Hall–Kier alpha value is -2.02. The van der Waals surface area contributed by atoms with E-state index in [2.05, 4.69) is 21.6 Å². The molecule has 0 aromatic carbocycles. The minimum atomic E-state index is -0.547. The van der Waals surface area contributed by atoms with Gasteiger partial charge in [0.1, 0.15) is 5.69 Å². The summed E-state index contributed by atoms with van der Waals surface area (Å²) < 4.78 is 4.65. The molecule has 0 aliphatic carbocycles. The van der Waals surface area contributed by atoms with Crippen molar-refractivity contribution in [2.45, 2.75) is 13.8 Å². The summed E-state index contributed by atoms with van der Waals surface area (Å²) in [5, 5.41) is 0. The summed E-state index contributed by atoms with van der Waals surface area (Å²) in [6.45, 7) is 3.90. The van der Waals surface area contributed by atoms with Crippen LogP contribution >= 0.6 is 0 Å². The molecule has 0 amide bonds. The molecule has 0 unspecified atom stereocenters. The van der Waals surface area contributed by atoms with Crippen LogP contribution in [0.15, 0.2) is 12.3 Å². The van der Waals surface area contributed by atoms with E-state index in [9.17, 15) is 4.79 Å². The molecule has 0 spiro atoms. The quantitative estimate of drug-likeness (QED) is 0.545. The maximum atomic E-state index is 10.9. The summed E-state index contributed by atoms with van der Waals surface area (Å²) in [7, 11) is 0. The van der Waals surface area contributed by atoms with Crippen molar-refractivity contribution < 1.29 is 9.53 Å². The summed E-state index contributed by atoms with van der Waals surface area (Å²) >= 11 is 0. The lowest BCUT2D eigenvalue weighted by Crippen LogP contribution is -2.00. The molecule has 0 radical (unpaired) electrons. The zero-order valence-electron chi connectivity index (χ0n) is 8.70. The van der Waals surface area contributed by atoms with E-state index in [0.29, 0.717) is 18.0 Å². The van der Waals surface area contributed by atoms with Gasteiger partial charge in [0.2, 0.25) is 0 Å². The molecule has 1 heterocycles. The first-order valence-electron chi connectivity index (χ1n) is 4.54. The van der Waals surface area contributed by atoms with Crippen LogP contribution in [0.5, 0.6) is 0 Å². The van der Waals surface area contributed by atoms with E-state index in [4.69, 9.17) is 5.73 Å². The second-order valence-corrected chi connectivity index (χ2v) is 2.90. The van der Waals surface area contributed by atoms with Crippen LogP contribution in [-0.4, -0.2) is 17.6 Å². The van der Waals surface area contributed by atoms with Gasteiger partial charge in [-0.2, -0.15) is 0 Å². The number of hydrogen-bond donors (Lipinski definition) is 1. The Balaban J connectivity index is 2.80. The molecule has 15 heavy (non-hydrogen) atoms. The topological polar surface area (TPSA) is 65.2 Å². The van der Waals surface area contributed by atoms with Gasteiger partial charge in [0.05, 0.1) is 18.5 Å². The van der Waals surface area contributed by atoms with Crippen molar-refractivity contribution in [3.05, 3.63) is 23.5 Å². The number of nitrogen functional groups attached to an aromatic ring is 1. The Labute approximate surface area is 88.5 Å². The van der Waals surface area contributed by atoms with E-state index in [1.165, 1.54) is 6.20 Å². The van der Waals surface area contributed by atoms with Gasteiger partial charge in [-0.05, 0) is 31.4 Å². The van der Waals surface area contributed by atoms with E-state index >= 15 is 0 Å². The molecule has 0 bridgehead atoms. The highest BCUT2D eigenvalue weighted by molar-refractivity contribution is 5.89. The first-order valence-corrected chi connectivity index (χ1v) is 4.54. The molecule has 78 valence electrons. The molecular formula is C11H12N2O2. The number of carbonyl (C=O) groups excluding carboxylic acids is 1. The average Bonchev–Trinajstić information content (AvgIpc) is 2.20. The van der Waals surface area contributed by atoms with Crippen molar-refractivity contribution in [3.8, 4) is 11.8 Å². The molecule has 0 atom stereocenters. The smallest absolute Gasteiger partial charge is 0.384 e. The lowest BCUT2D eigenvalue weighted by Gasteiger charge is -1.97. The van der Waals surface area contributed by atoms with Crippen molar-refractivity contribution in [3.63, 3.8) is 0 Å². The third kappa shape index (κ3) is 3.31. The molecular weight excluding hydrogens is 192 g/mol. The van der Waals surface area contributed by atoms with Gasteiger partial charge in [0.25, 0.3) is 0 Å². The zero-order chi connectivity index (χ0) is 11.3. The largest absolute Gasteiger partial charge is 0.456 e. The first-order chi connectivity index (χ1) is 7.13. The molecule has 0 saturated heterocycles. The van der Waals surface area contributed by atoms with E-state index in [1.807, 2.05) is 6.92 Å². The van der Waals surface area contributed by atoms with Crippen LogP contribution in [0.1, 0.15) is 18.2 Å². The molecule has 4 heteroatoms. The Bertz CT molecular complexity index is 430. The van der Waals surface area contributed by atoms with Crippen molar-refractivity contribution in [2.24, 2.45) is 0 Å². The molecule has 0 aliphatic rings. The van der Waals surface area contributed by atoms with Crippen LogP contribution < -0.4 is 5.73 Å². The van der Waals surface area contributed by atoms with Gasteiger partial charge >= 0.3 is 5.97 Å². The van der Waals surface area contributed by atoms with Gasteiger partial charge in [0.15, 0.2) is 0 Å². The lowest BCUT2D eigenvalue weighted by molar-refractivity contribution is -0.136. The van der Waals surface area contributed by atoms with E-state index in [-0.39, 0.29) is 0 Å². The van der Waals surface area contributed by atoms with Crippen LogP contribution in [0.3, 0.4) is 0 Å². The molecule has 1 aromatic heterocycles. The maximum absolute atomic E-state index is 10.9. The number of esters is 1. The van der Waals surface area contributed by atoms with Crippen molar-refractivity contribution in [2.75, 3.05) is 12.3 Å². The average molecular weight is 204 g/mol. The number of nitrogens with two attached hydrogens (primary N) is 1. The number of nitrogens with zero attached hydrogens (tertiary/aromatic N) is 1. The maximum Gasteiger partial charge on any atom is 0.384 e. The highest BCUT2D eigenvalue weighted by atomic mass is 16.5. The summed E-state index contributed by atoms with van der Waals surface area (Å²) in [6, 6.07) is 1.72. The predicted molar refractivity (Wildman–Crippen MR) is 56.9 cm³/mol. The van der Waals surface area contributed by atoms with Crippen molar-refractivity contribution in [1.29, 1.82) is 0 Å². The zero-order valence-corrected chi connectivity index (χ0v) is 8.70. The number of aryl methyl sites for hydroxylation is 1. The summed E-state index contributed by atoms with van der Waals surface area (Å²) in [4.78, 5) is 14.9. The number of anilines is 1. The number of ether oxygens (including phenoxy) is 1. The Morgan fingerprint density at radius 2 is 2.40 bits per heavy atom. The van der Waals surface area contributed by atoms with Crippen molar-refractivity contribution in [1.82, 2.24) is 4.98 Å². The second-order valence-electron chi connectivity index (χ2n) is 2.90. The monoisotopic (exact) mass is 204 g/mol. The number of pyridine rings is 1. The van der Waals surface area contributed by atoms with Gasteiger partial charge < -0.3 is 10.5 Å². The van der Waals surface area contributed by atoms with Gasteiger partial charge in [-0.1, -0.05) is 0 Å². The molecule has 0 fully saturated rings. The fraction of sp³-hybridized carbons (Fsp3) is 0.273. The summed E-state index contributed by atoms with van der Waals surface area (Å²) in [6.07, 6.45) is 1.52. The summed E-state index contributed by atoms with van der Waals surface area (Å²) in [5.74, 6) is 4.39. The summed E-state index contributed by atoms with van der Waals surface area (Å²) in [5.41, 5.74) is 7.59. The predicted octanol–water partition coefficient (Wildman–Crippen LogP) is 0.887. The highest BCUT2D eigenvalue weighted by Crippen LogP contribution is 2.08. The number of rotatable bonds is 1. The second kappa shape index (κ2) is 5.01. The van der Waals surface area contributed by atoms with E-state index in [0.717, 1.165) is 5.56 Å². The Kier molecular flexibility index (Phi) is 3.69. The van der Waals surface area contributed by atoms with Crippen molar-refractivity contribution >= 4 is 11.7 Å². The SMILES string of the molecule is CCOC(=O)C#Cc1cc(C)c(N)cn1. The molecule has 2 N–H and O–H groups in total. The Morgan fingerprint density at radius 3 is 3.00 bits per heavy atom. The fourth-order valence-corrected chi connectivity index (χ4v) is 0.917.